The lowest BCUT2D eigenvalue weighted by Gasteiger charge is -2.13. The Morgan fingerprint density at radius 2 is 1.82 bits per heavy atom. The zero-order chi connectivity index (χ0) is 11.8. The van der Waals surface area contributed by atoms with Crippen molar-refractivity contribution in [3.63, 3.8) is 0 Å². The molecular weight excluding hydrogens is 210 g/mol. The molecule has 0 aliphatic heterocycles. The molecule has 3 rings (SSSR count). The van der Waals surface area contributed by atoms with E-state index in [1.165, 1.54) is 16.3 Å². The number of anilines is 1. The van der Waals surface area contributed by atoms with Crippen LogP contribution in [0.15, 0.2) is 36.4 Å². The highest BCUT2D eigenvalue weighted by atomic mass is 16.3. The summed E-state index contributed by atoms with van der Waals surface area (Å²) in [5.41, 5.74) is 2.27. The summed E-state index contributed by atoms with van der Waals surface area (Å²) >= 11 is 0. The van der Waals surface area contributed by atoms with E-state index in [1.54, 1.807) is 0 Å². The van der Waals surface area contributed by atoms with Gasteiger partial charge in [-0.2, -0.15) is 0 Å². The largest absolute Gasteiger partial charge is 0.374 e. The maximum Gasteiger partial charge on any atom is 0.127 e. The molecule has 0 radical (unpaired) electrons. The van der Waals surface area contributed by atoms with Crippen LogP contribution in [0.2, 0.25) is 0 Å². The highest BCUT2D eigenvalue weighted by Crippen LogP contribution is 2.33. The summed E-state index contributed by atoms with van der Waals surface area (Å²) in [6.45, 7) is 2.10. The Morgan fingerprint density at radius 3 is 2.59 bits per heavy atom. The highest BCUT2D eigenvalue weighted by Gasteiger charge is 2.29. The van der Waals surface area contributed by atoms with Crippen LogP contribution in [0.5, 0.6) is 0 Å². The molecule has 2 heteroatoms. The van der Waals surface area contributed by atoms with Crippen molar-refractivity contribution in [3.8, 4) is 0 Å². The molecule has 1 saturated carbocycles. The van der Waals surface area contributed by atoms with Crippen LogP contribution in [-0.2, 0) is 0 Å². The van der Waals surface area contributed by atoms with Crippen molar-refractivity contribution in [1.82, 2.24) is 0 Å². The molecule has 0 heterocycles. The second kappa shape index (κ2) is 4.04. The molecule has 0 saturated heterocycles. The molecule has 1 aliphatic rings. The second-order valence-electron chi connectivity index (χ2n) is 4.99. The molecule has 1 fully saturated rings. The molecule has 0 amide bonds. The van der Waals surface area contributed by atoms with Crippen LogP contribution in [0, 0.1) is 12.8 Å². The molecule has 1 unspecified atom stereocenters. The van der Waals surface area contributed by atoms with Gasteiger partial charge in [0.1, 0.15) is 6.23 Å². The lowest BCUT2D eigenvalue weighted by Crippen LogP contribution is -2.20. The van der Waals surface area contributed by atoms with Gasteiger partial charge < -0.3 is 10.4 Å². The Labute approximate surface area is 101 Å². The Balaban J connectivity index is 1.87. The number of aryl methyl sites for hydroxylation is 1. The highest BCUT2D eigenvalue weighted by molar-refractivity contribution is 5.86. The van der Waals surface area contributed by atoms with Crippen molar-refractivity contribution in [2.24, 2.45) is 5.92 Å². The van der Waals surface area contributed by atoms with Crippen LogP contribution in [0.1, 0.15) is 18.4 Å². The van der Waals surface area contributed by atoms with Crippen molar-refractivity contribution >= 4 is 16.5 Å². The molecule has 17 heavy (non-hydrogen) atoms. The Morgan fingerprint density at radius 1 is 1.12 bits per heavy atom. The van der Waals surface area contributed by atoms with Crippen molar-refractivity contribution < 1.29 is 5.11 Å². The first-order valence-electron chi connectivity index (χ1n) is 6.17. The Kier molecular flexibility index (Phi) is 2.52. The van der Waals surface area contributed by atoms with Gasteiger partial charge in [-0.1, -0.05) is 29.8 Å². The van der Waals surface area contributed by atoms with E-state index in [1.807, 2.05) is 6.07 Å². The monoisotopic (exact) mass is 227 g/mol. The average molecular weight is 227 g/mol. The number of fused-ring (bicyclic) bond motifs is 1. The van der Waals surface area contributed by atoms with E-state index >= 15 is 0 Å². The zero-order valence-corrected chi connectivity index (χ0v) is 9.98. The van der Waals surface area contributed by atoms with Gasteiger partial charge in [-0.3, -0.25) is 0 Å². The van der Waals surface area contributed by atoms with Gasteiger partial charge in [0.25, 0.3) is 0 Å². The number of benzene rings is 2. The van der Waals surface area contributed by atoms with E-state index in [2.05, 4.69) is 42.6 Å². The van der Waals surface area contributed by atoms with Crippen LogP contribution in [0.4, 0.5) is 5.69 Å². The molecular formula is C15H17NO. The number of hydrogen-bond donors (Lipinski definition) is 2. The molecule has 2 N–H and O–H groups in total. The summed E-state index contributed by atoms with van der Waals surface area (Å²) in [5, 5.41) is 15.5. The third-order valence-corrected chi connectivity index (χ3v) is 3.38. The van der Waals surface area contributed by atoms with Crippen LogP contribution in [-0.4, -0.2) is 11.3 Å². The van der Waals surface area contributed by atoms with Gasteiger partial charge in [-0.25, -0.2) is 0 Å². The van der Waals surface area contributed by atoms with Gasteiger partial charge in [0.2, 0.25) is 0 Å². The Hall–Kier alpha value is -1.54. The molecule has 0 aromatic heterocycles. The summed E-state index contributed by atoms with van der Waals surface area (Å²) in [6.07, 6.45) is 1.89. The summed E-state index contributed by atoms with van der Waals surface area (Å²) in [7, 11) is 0. The summed E-state index contributed by atoms with van der Waals surface area (Å²) < 4.78 is 0. The SMILES string of the molecule is Cc1ccc2cc(NC(O)C3CC3)ccc2c1. The summed E-state index contributed by atoms with van der Waals surface area (Å²) in [5.74, 6) is 0.448. The van der Waals surface area contributed by atoms with Crippen molar-refractivity contribution in [3.05, 3.63) is 42.0 Å². The molecule has 88 valence electrons. The molecule has 1 aliphatic carbocycles. The van der Waals surface area contributed by atoms with Crippen LogP contribution in [0.3, 0.4) is 0 Å². The van der Waals surface area contributed by atoms with E-state index in [0.717, 1.165) is 18.5 Å². The number of aliphatic hydroxyl groups is 1. The molecule has 2 nitrogen and oxygen atoms in total. The van der Waals surface area contributed by atoms with Crippen LogP contribution >= 0.6 is 0 Å². The summed E-state index contributed by atoms with van der Waals surface area (Å²) in [4.78, 5) is 0. The number of rotatable bonds is 3. The van der Waals surface area contributed by atoms with Gasteiger partial charge >= 0.3 is 0 Å². The minimum absolute atomic E-state index is 0.391. The van der Waals surface area contributed by atoms with Crippen molar-refractivity contribution in [1.29, 1.82) is 0 Å². The second-order valence-corrected chi connectivity index (χ2v) is 4.99. The van der Waals surface area contributed by atoms with E-state index < -0.39 is 6.23 Å². The normalized spacial score (nSPS) is 17.1. The van der Waals surface area contributed by atoms with E-state index in [0.29, 0.717) is 5.92 Å². The third-order valence-electron chi connectivity index (χ3n) is 3.38. The third kappa shape index (κ3) is 2.27. The van der Waals surface area contributed by atoms with Gasteiger partial charge in [0.15, 0.2) is 0 Å². The fraction of sp³-hybridized carbons (Fsp3) is 0.333. The minimum Gasteiger partial charge on any atom is -0.374 e. The standard InChI is InChI=1S/C15H17NO/c1-10-2-3-13-9-14(7-6-12(13)8-10)16-15(17)11-4-5-11/h2-3,6-9,11,15-17H,4-5H2,1H3. The minimum atomic E-state index is -0.391. The predicted octanol–water partition coefficient (Wildman–Crippen LogP) is 3.29. The lowest BCUT2D eigenvalue weighted by atomic mass is 10.1. The summed E-state index contributed by atoms with van der Waals surface area (Å²) in [6, 6.07) is 12.7. The topological polar surface area (TPSA) is 32.3 Å². The fourth-order valence-corrected chi connectivity index (χ4v) is 2.16. The van der Waals surface area contributed by atoms with Gasteiger partial charge in [0, 0.05) is 11.6 Å². The maximum absolute atomic E-state index is 9.85. The first-order chi connectivity index (χ1) is 8.22. The first-order valence-corrected chi connectivity index (χ1v) is 6.17. The van der Waals surface area contributed by atoms with Crippen LogP contribution in [0.25, 0.3) is 10.8 Å². The van der Waals surface area contributed by atoms with Gasteiger partial charge in [-0.15, -0.1) is 0 Å². The van der Waals surface area contributed by atoms with Crippen LogP contribution < -0.4 is 5.32 Å². The van der Waals surface area contributed by atoms with E-state index in [-0.39, 0.29) is 0 Å². The average Bonchev–Trinajstić information content (AvgIpc) is 3.13. The first kappa shape index (κ1) is 10.6. The molecule has 0 bridgehead atoms. The molecule has 2 aromatic rings. The maximum atomic E-state index is 9.85. The Bertz CT molecular complexity index is 546. The smallest absolute Gasteiger partial charge is 0.127 e. The van der Waals surface area contributed by atoms with Gasteiger partial charge in [-0.05, 0) is 42.7 Å². The van der Waals surface area contributed by atoms with Crippen molar-refractivity contribution in [2.45, 2.75) is 26.0 Å². The molecule has 0 spiro atoms. The quantitative estimate of drug-likeness (QED) is 0.789. The van der Waals surface area contributed by atoms with E-state index in [4.69, 9.17) is 0 Å². The zero-order valence-electron chi connectivity index (χ0n) is 9.98. The number of hydrogen-bond acceptors (Lipinski definition) is 2. The van der Waals surface area contributed by atoms with E-state index in [9.17, 15) is 5.11 Å². The predicted molar refractivity (Wildman–Crippen MR) is 71.0 cm³/mol. The number of nitrogens with one attached hydrogen (secondary N) is 1. The molecule has 2 aromatic carbocycles. The number of aliphatic hydroxyl groups excluding tert-OH is 1. The lowest BCUT2D eigenvalue weighted by molar-refractivity contribution is 0.180. The van der Waals surface area contributed by atoms with Crippen molar-refractivity contribution in [2.75, 3.05) is 5.32 Å². The van der Waals surface area contributed by atoms with Gasteiger partial charge in [0.05, 0.1) is 0 Å². The fourth-order valence-electron chi connectivity index (χ4n) is 2.16. The molecule has 1 atom stereocenters.